The van der Waals surface area contributed by atoms with Crippen LogP contribution in [-0.2, 0) is 14.2 Å². The Hall–Kier alpha value is -0.160. The Labute approximate surface area is 77.8 Å². The molecule has 0 bridgehead atoms. The Morgan fingerprint density at radius 2 is 2.00 bits per heavy atom. The molecule has 0 aromatic carbocycles. The first kappa shape index (κ1) is 9.40. The topological polar surface area (TPSA) is 47.9 Å². The molecule has 2 heterocycles. The van der Waals surface area contributed by atoms with E-state index >= 15 is 0 Å². The summed E-state index contributed by atoms with van der Waals surface area (Å²) in [5.41, 5.74) is 0. The summed E-state index contributed by atoms with van der Waals surface area (Å²) in [5.74, 6) is -0.584. The van der Waals surface area contributed by atoms with Crippen LogP contribution in [0.1, 0.15) is 27.2 Å². The van der Waals surface area contributed by atoms with Gasteiger partial charge in [-0.05, 0) is 20.8 Å². The molecule has 2 aliphatic heterocycles. The maximum absolute atomic E-state index is 9.53. The van der Waals surface area contributed by atoms with Crippen molar-refractivity contribution in [2.45, 2.75) is 57.6 Å². The lowest BCUT2D eigenvalue weighted by Gasteiger charge is -2.31. The van der Waals surface area contributed by atoms with Crippen molar-refractivity contribution in [2.75, 3.05) is 0 Å². The van der Waals surface area contributed by atoms with Crippen LogP contribution in [0.25, 0.3) is 0 Å². The van der Waals surface area contributed by atoms with Crippen LogP contribution in [0, 0.1) is 0 Å². The van der Waals surface area contributed by atoms with Gasteiger partial charge in [0.15, 0.2) is 12.1 Å². The fourth-order valence-corrected chi connectivity index (χ4v) is 1.81. The molecule has 0 aromatic rings. The van der Waals surface area contributed by atoms with E-state index in [0.717, 1.165) is 0 Å². The minimum absolute atomic E-state index is 0.124. The fraction of sp³-hybridized carbons (Fsp3) is 1.00. The van der Waals surface area contributed by atoms with Gasteiger partial charge in [-0.1, -0.05) is 0 Å². The number of hydrogen-bond acceptors (Lipinski definition) is 4. The van der Waals surface area contributed by atoms with Crippen molar-refractivity contribution in [1.82, 2.24) is 0 Å². The molecule has 13 heavy (non-hydrogen) atoms. The van der Waals surface area contributed by atoms with Gasteiger partial charge < -0.3 is 19.3 Å². The molecule has 1 N–H and O–H groups in total. The second kappa shape index (κ2) is 2.92. The van der Waals surface area contributed by atoms with Gasteiger partial charge in [-0.15, -0.1) is 0 Å². The lowest BCUT2D eigenvalue weighted by Crippen LogP contribution is -2.44. The second-order valence-corrected chi connectivity index (χ2v) is 4.19. The van der Waals surface area contributed by atoms with Gasteiger partial charge in [0.05, 0.1) is 12.2 Å². The maximum Gasteiger partial charge on any atom is 0.187 e. The maximum atomic E-state index is 9.53. The first-order valence-electron chi connectivity index (χ1n) is 4.67. The highest BCUT2D eigenvalue weighted by Gasteiger charge is 2.47. The summed E-state index contributed by atoms with van der Waals surface area (Å²) in [4.78, 5) is 0. The molecule has 2 saturated heterocycles. The van der Waals surface area contributed by atoms with E-state index in [1.807, 2.05) is 20.8 Å². The van der Waals surface area contributed by atoms with E-state index in [1.54, 1.807) is 0 Å². The third kappa shape index (κ3) is 1.72. The summed E-state index contributed by atoms with van der Waals surface area (Å²) < 4.78 is 16.5. The molecule has 0 unspecified atom stereocenters. The van der Waals surface area contributed by atoms with Gasteiger partial charge >= 0.3 is 0 Å². The third-order valence-corrected chi connectivity index (χ3v) is 2.50. The zero-order chi connectivity index (χ0) is 9.64. The SMILES string of the molecule is C[C@H]1O[C@H]2OC(C)(C)O[C@H]2C[C@@H]1O. The Bertz CT molecular complexity index is 184. The molecule has 2 aliphatic rings. The molecule has 0 spiro atoms. The lowest BCUT2D eigenvalue weighted by atomic mass is 10.0. The standard InChI is InChI=1S/C9H16O4/c1-5-6(10)4-7-8(11-5)13-9(2,3)12-7/h5-8,10H,4H2,1-3H3/t5-,6+,7+,8+/m1/s1. The molecular formula is C9H16O4. The van der Waals surface area contributed by atoms with E-state index in [-0.39, 0.29) is 18.5 Å². The molecule has 0 saturated carbocycles. The summed E-state index contributed by atoms with van der Waals surface area (Å²) in [7, 11) is 0. The van der Waals surface area contributed by atoms with Gasteiger partial charge in [0.2, 0.25) is 0 Å². The quantitative estimate of drug-likeness (QED) is 0.606. The Kier molecular flexibility index (Phi) is 2.11. The number of fused-ring (bicyclic) bond motifs is 1. The Balaban J connectivity index is 2.05. The van der Waals surface area contributed by atoms with Crippen LogP contribution in [0.5, 0.6) is 0 Å². The molecular weight excluding hydrogens is 172 g/mol. The van der Waals surface area contributed by atoms with Gasteiger partial charge in [-0.25, -0.2) is 0 Å². The van der Waals surface area contributed by atoms with Crippen LogP contribution < -0.4 is 0 Å². The molecule has 0 aliphatic carbocycles. The molecule has 4 atom stereocenters. The van der Waals surface area contributed by atoms with Crippen molar-refractivity contribution in [3.8, 4) is 0 Å². The minimum atomic E-state index is -0.584. The molecule has 4 heteroatoms. The van der Waals surface area contributed by atoms with Crippen molar-refractivity contribution in [2.24, 2.45) is 0 Å². The van der Waals surface area contributed by atoms with Crippen LogP contribution >= 0.6 is 0 Å². The summed E-state index contributed by atoms with van der Waals surface area (Å²) in [6.07, 6.45) is -0.456. The van der Waals surface area contributed by atoms with E-state index in [0.29, 0.717) is 6.42 Å². The number of ether oxygens (including phenoxy) is 3. The van der Waals surface area contributed by atoms with Crippen molar-refractivity contribution >= 4 is 0 Å². The van der Waals surface area contributed by atoms with Crippen molar-refractivity contribution in [3.63, 3.8) is 0 Å². The van der Waals surface area contributed by atoms with Gasteiger partial charge in [0.1, 0.15) is 6.10 Å². The average Bonchev–Trinajstić information content (AvgIpc) is 2.24. The van der Waals surface area contributed by atoms with E-state index in [1.165, 1.54) is 0 Å². The molecule has 0 radical (unpaired) electrons. The summed E-state index contributed by atoms with van der Waals surface area (Å²) in [6.45, 7) is 5.55. The predicted molar refractivity (Wildman–Crippen MR) is 45.0 cm³/mol. The Morgan fingerprint density at radius 1 is 1.31 bits per heavy atom. The molecule has 0 aromatic heterocycles. The Morgan fingerprint density at radius 3 is 2.69 bits per heavy atom. The van der Waals surface area contributed by atoms with Gasteiger partial charge in [-0.3, -0.25) is 0 Å². The normalized spacial score (nSPS) is 48.9. The molecule has 76 valence electrons. The number of hydrogen-bond donors (Lipinski definition) is 1. The number of rotatable bonds is 0. The smallest absolute Gasteiger partial charge is 0.187 e. The van der Waals surface area contributed by atoms with Crippen LogP contribution in [0.15, 0.2) is 0 Å². The van der Waals surface area contributed by atoms with E-state index in [9.17, 15) is 5.11 Å². The van der Waals surface area contributed by atoms with Crippen LogP contribution in [0.2, 0.25) is 0 Å². The van der Waals surface area contributed by atoms with Crippen molar-refractivity contribution < 1.29 is 19.3 Å². The highest BCUT2D eigenvalue weighted by Crippen LogP contribution is 2.35. The van der Waals surface area contributed by atoms with Gasteiger partial charge in [-0.2, -0.15) is 0 Å². The highest BCUT2D eigenvalue weighted by atomic mass is 16.8. The predicted octanol–water partition coefficient (Wildman–Crippen LogP) is 0.634. The lowest BCUT2D eigenvalue weighted by molar-refractivity contribution is -0.223. The third-order valence-electron chi connectivity index (χ3n) is 2.50. The van der Waals surface area contributed by atoms with Crippen LogP contribution in [-0.4, -0.2) is 35.5 Å². The fourth-order valence-electron chi connectivity index (χ4n) is 1.81. The highest BCUT2D eigenvalue weighted by molar-refractivity contribution is 4.85. The number of aliphatic hydroxyl groups is 1. The second-order valence-electron chi connectivity index (χ2n) is 4.19. The van der Waals surface area contributed by atoms with E-state index in [2.05, 4.69) is 0 Å². The average molecular weight is 188 g/mol. The zero-order valence-corrected chi connectivity index (χ0v) is 8.19. The molecule has 4 nitrogen and oxygen atoms in total. The van der Waals surface area contributed by atoms with Crippen molar-refractivity contribution in [3.05, 3.63) is 0 Å². The van der Waals surface area contributed by atoms with E-state index in [4.69, 9.17) is 14.2 Å². The van der Waals surface area contributed by atoms with Gasteiger partial charge in [0.25, 0.3) is 0 Å². The van der Waals surface area contributed by atoms with Crippen LogP contribution in [0.4, 0.5) is 0 Å². The minimum Gasteiger partial charge on any atom is -0.390 e. The largest absolute Gasteiger partial charge is 0.390 e. The number of aliphatic hydroxyl groups excluding tert-OH is 1. The summed E-state index contributed by atoms with van der Waals surface area (Å²) in [5, 5.41) is 9.53. The van der Waals surface area contributed by atoms with Crippen molar-refractivity contribution in [1.29, 1.82) is 0 Å². The summed E-state index contributed by atoms with van der Waals surface area (Å²) in [6, 6.07) is 0. The zero-order valence-electron chi connectivity index (χ0n) is 8.19. The summed E-state index contributed by atoms with van der Waals surface area (Å²) >= 11 is 0. The monoisotopic (exact) mass is 188 g/mol. The van der Waals surface area contributed by atoms with Crippen LogP contribution in [0.3, 0.4) is 0 Å². The first-order valence-corrected chi connectivity index (χ1v) is 4.67. The van der Waals surface area contributed by atoms with E-state index < -0.39 is 11.9 Å². The molecule has 2 fully saturated rings. The van der Waals surface area contributed by atoms with Gasteiger partial charge in [0, 0.05) is 6.42 Å². The first-order chi connectivity index (χ1) is 5.98. The molecule has 2 rings (SSSR count). The molecule has 0 amide bonds.